The Bertz CT molecular complexity index is 487. The van der Waals surface area contributed by atoms with Crippen LogP contribution in [0.4, 0.5) is 11.4 Å². The number of ether oxygens (including phenoxy) is 3. The fourth-order valence-electron chi connectivity index (χ4n) is 2.13. The molecule has 1 aliphatic heterocycles. The Kier molecular flexibility index (Phi) is 5.41. The van der Waals surface area contributed by atoms with Gasteiger partial charge in [-0.25, -0.2) is 0 Å². The van der Waals surface area contributed by atoms with Crippen molar-refractivity contribution >= 4 is 17.3 Å². The Hall–Kier alpha value is -1.79. The molecule has 1 aromatic rings. The van der Waals surface area contributed by atoms with Gasteiger partial charge in [0.05, 0.1) is 26.0 Å². The van der Waals surface area contributed by atoms with Crippen LogP contribution in [0.3, 0.4) is 0 Å². The number of carbonyl (C=O) groups is 1. The maximum atomic E-state index is 12.1. The number of benzene rings is 1. The highest BCUT2D eigenvalue weighted by Gasteiger charge is 2.20. The molecule has 0 spiro atoms. The van der Waals surface area contributed by atoms with Crippen molar-refractivity contribution in [1.29, 1.82) is 0 Å². The highest BCUT2D eigenvalue weighted by atomic mass is 16.5. The minimum atomic E-state index is -0.545. The van der Waals surface area contributed by atoms with Crippen LogP contribution in [-0.2, 0) is 14.3 Å². The molecule has 2 atom stereocenters. The molecule has 0 bridgehead atoms. The molecular weight excluding hydrogens is 272 g/mol. The smallest absolute Gasteiger partial charge is 0.253 e. The molecule has 1 aromatic carbocycles. The first-order chi connectivity index (χ1) is 10.1. The predicted molar refractivity (Wildman–Crippen MR) is 80.4 cm³/mol. The summed E-state index contributed by atoms with van der Waals surface area (Å²) in [5.74, 6) is 0.717. The Labute approximate surface area is 124 Å². The summed E-state index contributed by atoms with van der Waals surface area (Å²) >= 11 is 0. The number of nitrogen functional groups attached to an aromatic ring is 1. The van der Waals surface area contributed by atoms with Crippen molar-refractivity contribution in [1.82, 2.24) is 0 Å². The van der Waals surface area contributed by atoms with Crippen LogP contribution < -0.4 is 15.8 Å². The number of methoxy groups -OCH3 is 1. The molecule has 1 amide bonds. The second-order valence-corrected chi connectivity index (χ2v) is 5.15. The van der Waals surface area contributed by atoms with Gasteiger partial charge in [0.25, 0.3) is 5.91 Å². The van der Waals surface area contributed by atoms with Crippen molar-refractivity contribution in [2.45, 2.75) is 19.4 Å². The van der Waals surface area contributed by atoms with E-state index in [0.29, 0.717) is 36.3 Å². The third-order valence-corrected chi connectivity index (χ3v) is 3.46. The number of rotatable bonds is 6. The average Bonchev–Trinajstić information content (AvgIpc) is 2.98. The summed E-state index contributed by atoms with van der Waals surface area (Å²) in [6.07, 6.45) is 0.439. The highest BCUT2D eigenvalue weighted by molar-refractivity contribution is 5.95. The van der Waals surface area contributed by atoms with E-state index in [2.05, 4.69) is 5.32 Å². The summed E-state index contributed by atoms with van der Waals surface area (Å²) in [5, 5.41) is 2.78. The maximum absolute atomic E-state index is 12.1. The van der Waals surface area contributed by atoms with Gasteiger partial charge in [0.2, 0.25) is 0 Å². The van der Waals surface area contributed by atoms with E-state index in [1.807, 2.05) is 0 Å². The Morgan fingerprint density at radius 2 is 2.38 bits per heavy atom. The van der Waals surface area contributed by atoms with Gasteiger partial charge in [0, 0.05) is 18.2 Å². The van der Waals surface area contributed by atoms with E-state index in [9.17, 15) is 4.79 Å². The fourth-order valence-corrected chi connectivity index (χ4v) is 2.13. The number of nitrogens with two attached hydrogens (primary N) is 1. The third-order valence-electron chi connectivity index (χ3n) is 3.46. The predicted octanol–water partition coefficient (Wildman–Crippen LogP) is 1.66. The van der Waals surface area contributed by atoms with Crippen molar-refractivity contribution < 1.29 is 19.0 Å². The first-order valence-electron chi connectivity index (χ1n) is 7.04. The van der Waals surface area contributed by atoms with Gasteiger partial charge >= 0.3 is 0 Å². The summed E-state index contributed by atoms with van der Waals surface area (Å²) in [5.41, 5.74) is 6.83. The van der Waals surface area contributed by atoms with E-state index in [1.54, 1.807) is 32.2 Å². The van der Waals surface area contributed by atoms with Crippen LogP contribution >= 0.6 is 0 Å². The van der Waals surface area contributed by atoms with E-state index in [1.165, 1.54) is 0 Å². The van der Waals surface area contributed by atoms with Crippen LogP contribution in [0, 0.1) is 5.92 Å². The summed E-state index contributed by atoms with van der Waals surface area (Å²) in [4.78, 5) is 12.1. The van der Waals surface area contributed by atoms with Gasteiger partial charge in [-0.05, 0) is 31.5 Å². The molecule has 0 saturated carbocycles. The second kappa shape index (κ2) is 7.28. The molecule has 1 fully saturated rings. The lowest BCUT2D eigenvalue weighted by molar-refractivity contribution is -0.127. The van der Waals surface area contributed by atoms with Gasteiger partial charge in [-0.1, -0.05) is 0 Å². The fraction of sp³-hybridized carbons (Fsp3) is 0.533. The Morgan fingerprint density at radius 3 is 3.05 bits per heavy atom. The monoisotopic (exact) mass is 294 g/mol. The Balaban J connectivity index is 1.89. The van der Waals surface area contributed by atoms with Crippen LogP contribution in [0.2, 0.25) is 0 Å². The lowest BCUT2D eigenvalue weighted by Crippen LogP contribution is -2.29. The molecule has 0 radical (unpaired) electrons. The molecule has 0 aliphatic carbocycles. The quantitative estimate of drug-likeness (QED) is 0.780. The lowest BCUT2D eigenvalue weighted by atomic mass is 10.1. The summed E-state index contributed by atoms with van der Waals surface area (Å²) in [6, 6.07) is 5.09. The molecule has 1 saturated heterocycles. The Morgan fingerprint density at radius 1 is 1.57 bits per heavy atom. The van der Waals surface area contributed by atoms with Crippen molar-refractivity contribution in [3.63, 3.8) is 0 Å². The van der Waals surface area contributed by atoms with Gasteiger partial charge in [-0.15, -0.1) is 0 Å². The first kappa shape index (κ1) is 15.6. The zero-order valence-electron chi connectivity index (χ0n) is 12.4. The maximum Gasteiger partial charge on any atom is 0.253 e. The standard InChI is InChI=1S/C15H22N2O4/c1-10(21-9-11-5-6-20-8-11)15(18)17-13-7-12(16)3-4-14(13)19-2/h3-4,7,10-11H,5-6,8-9,16H2,1-2H3,(H,17,18). The van der Waals surface area contributed by atoms with Crippen molar-refractivity contribution in [2.24, 2.45) is 5.92 Å². The van der Waals surface area contributed by atoms with Crippen LogP contribution in [0.5, 0.6) is 5.75 Å². The number of anilines is 2. The van der Waals surface area contributed by atoms with Crippen LogP contribution in [0.25, 0.3) is 0 Å². The van der Waals surface area contributed by atoms with E-state index < -0.39 is 6.10 Å². The molecule has 1 aliphatic rings. The second-order valence-electron chi connectivity index (χ2n) is 5.15. The van der Waals surface area contributed by atoms with Crippen molar-refractivity contribution in [3.05, 3.63) is 18.2 Å². The molecule has 116 valence electrons. The highest BCUT2D eigenvalue weighted by Crippen LogP contribution is 2.26. The zero-order valence-corrected chi connectivity index (χ0v) is 12.4. The van der Waals surface area contributed by atoms with Gasteiger partial charge in [-0.3, -0.25) is 4.79 Å². The normalized spacial score (nSPS) is 19.2. The van der Waals surface area contributed by atoms with E-state index in [0.717, 1.165) is 13.0 Å². The summed E-state index contributed by atoms with van der Waals surface area (Å²) in [7, 11) is 1.54. The third kappa shape index (κ3) is 4.34. The SMILES string of the molecule is COc1ccc(N)cc1NC(=O)C(C)OCC1CCOC1. The largest absolute Gasteiger partial charge is 0.495 e. The van der Waals surface area contributed by atoms with E-state index in [-0.39, 0.29) is 5.91 Å². The van der Waals surface area contributed by atoms with Gasteiger partial charge in [-0.2, -0.15) is 0 Å². The van der Waals surface area contributed by atoms with Gasteiger partial charge in [0.1, 0.15) is 11.9 Å². The van der Waals surface area contributed by atoms with Crippen LogP contribution in [-0.4, -0.2) is 38.9 Å². The number of hydrogen-bond acceptors (Lipinski definition) is 5. The van der Waals surface area contributed by atoms with E-state index in [4.69, 9.17) is 19.9 Å². The van der Waals surface area contributed by atoms with Gasteiger partial charge < -0.3 is 25.3 Å². The van der Waals surface area contributed by atoms with Crippen molar-refractivity contribution in [2.75, 3.05) is 38.0 Å². The lowest BCUT2D eigenvalue weighted by Gasteiger charge is -2.17. The molecule has 0 aromatic heterocycles. The summed E-state index contributed by atoms with van der Waals surface area (Å²) < 4.78 is 16.1. The van der Waals surface area contributed by atoms with Gasteiger partial charge in [0.15, 0.2) is 0 Å². The minimum absolute atomic E-state index is 0.224. The molecule has 3 N–H and O–H groups in total. The van der Waals surface area contributed by atoms with Crippen molar-refractivity contribution in [3.8, 4) is 5.75 Å². The molecule has 21 heavy (non-hydrogen) atoms. The minimum Gasteiger partial charge on any atom is -0.495 e. The molecule has 2 unspecified atom stereocenters. The number of amides is 1. The molecular formula is C15H22N2O4. The summed E-state index contributed by atoms with van der Waals surface area (Å²) in [6.45, 7) is 3.74. The number of nitrogens with one attached hydrogen (secondary N) is 1. The average molecular weight is 294 g/mol. The molecule has 6 heteroatoms. The number of hydrogen-bond donors (Lipinski definition) is 2. The topological polar surface area (TPSA) is 82.8 Å². The first-order valence-corrected chi connectivity index (χ1v) is 7.04. The van der Waals surface area contributed by atoms with Crippen LogP contribution in [0.1, 0.15) is 13.3 Å². The van der Waals surface area contributed by atoms with Crippen LogP contribution in [0.15, 0.2) is 18.2 Å². The molecule has 2 rings (SSSR count). The number of carbonyl (C=O) groups excluding carboxylic acids is 1. The molecule has 6 nitrogen and oxygen atoms in total. The van der Waals surface area contributed by atoms with E-state index >= 15 is 0 Å². The zero-order chi connectivity index (χ0) is 15.2. The molecule has 1 heterocycles.